The van der Waals surface area contributed by atoms with Crippen molar-refractivity contribution in [1.82, 2.24) is 9.38 Å². The lowest BCUT2D eigenvalue weighted by Gasteiger charge is -2.32. The van der Waals surface area contributed by atoms with Crippen molar-refractivity contribution in [3.05, 3.63) is 60.0 Å². The number of piperidine rings is 1. The van der Waals surface area contributed by atoms with Gasteiger partial charge in [-0.05, 0) is 67.6 Å². The molecule has 3 aromatic rings. The summed E-state index contributed by atoms with van der Waals surface area (Å²) >= 11 is 0. The van der Waals surface area contributed by atoms with Crippen molar-refractivity contribution >= 4 is 22.9 Å². The molecule has 0 spiro atoms. The fourth-order valence-corrected chi connectivity index (χ4v) is 3.61. The van der Waals surface area contributed by atoms with Gasteiger partial charge in [0.15, 0.2) is 0 Å². The van der Waals surface area contributed by atoms with Crippen LogP contribution >= 0.6 is 0 Å². The van der Waals surface area contributed by atoms with Gasteiger partial charge in [-0.3, -0.25) is 4.79 Å². The van der Waals surface area contributed by atoms with Crippen LogP contribution in [0.15, 0.2) is 48.8 Å². The molecule has 1 amide bonds. The number of aryl methyl sites for hydroxylation is 1. The molecule has 1 aromatic carbocycles. The van der Waals surface area contributed by atoms with E-state index in [2.05, 4.69) is 34.3 Å². The van der Waals surface area contributed by atoms with Gasteiger partial charge < -0.3 is 14.6 Å². The molecule has 0 unspecified atom stereocenters. The van der Waals surface area contributed by atoms with Gasteiger partial charge in [0.2, 0.25) is 5.91 Å². The Bertz CT molecular complexity index is 937. The molecule has 140 valence electrons. The van der Waals surface area contributed by atoms with Crippen LogP contribution < -0.4 is 10.2 Å². The number of benzene rings is 1. The fourth-order valence-electron chi connectivity index (χ4n) is 3.61. The molecule has 0 atom stereocenters. The maximum atomic E-state index is 12.4. The lowest BCUT2D eigenvalue weighted by atomic mass is 9.99. The van der Waals surface area contributed by atoms with Crippen molar-refractivity contribution in [1.29, 1.82) is 0 Å². The number of nitrogens with one attached hydrogen (secondary N) is 1. The van der Waals surface area contributed by atoms with E-state index in [1.54, 1.807) is 0 Å². The highest BCUT2D eigenvalue weighted by molar-refractivity contribution is 5.92. The molecule has 1 aliphatic rings. The van der Waals surface area contributed by atoms with Crippen LogP contribution in [0, 0.1) is 12.8 Å². The normalized spacial score (nSPS) is 15.3. The van der Waals surface area contributed by atoms with Crippen LogP contribution in [0.4, 0.5) is 11.4 Å². The average Bonchev–Trinajstić information content (AvgIpc) is 3.04. The molecule has 4 rings (SSSR count). The number of rotatable bonds is 4. The summed E-state index contributed by atoms with van der Waals surface area (Å²) in [6, 6.07) is 12.2. The van der Waals surface area contributed by atoms with E-state index in [-0.39, 0.29) is 12.3 Å². The molecular weight excluding hydrogens is 336 g/mol. The third-order valence-corrected chi connectivity index (χ3v) is 5.31. The topological polar surface area (TPSA) is 49.6 Å². The molecule has 1 N–H and O–H groups in total. The van der Waals surface area contributed by atoms with E-state index in [0.29, 0.717) is 0 Å². The summed E-state index contributed by atoms with van der Waals surface area (Å²) in [7, 11) is 0. The first-order chi connectivity index (χ1) is 13.1. The monoisotopic (exact) mass is 362 g/mol. The van der Waals surface area contributed by atoms with Gasteiger partial charge in [-0.1, -0.05) is 6.92 Å². The summed E-state index contributed by atoms with van der Waals surface area (Å²) in [5.41, 5.74) is 4.87. The van der Waals surface area contributed by atoms with Crippen molar-refractivity contribution < 1.29 is 4.79 Å². The van der Waals surface area contributed by atoms with Gasteiger partial charge in [-0.25, -0.2) is 4.98 Å². The molecule has 2 aromatic heterocycles. The van der Waals surface area contributed by atoms with E-state index in [1.807, 2.05) is 48.0 Å². The van der Waals surface area contributed by atoms with Crippen LogP contribution in [-0.2, 0) is 11.2 Å². The first kappa shape index (κ1) is 17.6. The van der Waals surface area contributed by atoms with Crippen molar-refractivity contribution in [2.75, 3.05) is 23.3 Å². The van der Waals surface area contributed by atoms with Crippen molar-refractivity contribution in [3.8, 4) is 0 Å². The highest BCUT2D eigenvalue weighted by Crippen LogP contribution is 2.24. The second-order valence-electron chi connectivity index (χ2n) is 7.64. The summed E-state index contributed by atoms with van der Waals surface area (Å²) in [5.74, 6) is 0.776. The number of hydrogen-bond donors (Lipinski definition) is 1. The molecule has 5 heteroatoms. The minimum absolute atomic E-state index is 0.0466. The summed E-state index contributed by atoms with van der Waals surface area (Å²) in [6.07, 6.45) is 6.65. The standard InChI is InChI=1S/C22H26N4O/c1-16-7-10-25(11-8-16)20-5-3-18(4-6-20)24-22(27)14-19-15-26-12-9-17(2)13-21(26)23-19/h3-6,9,12-13,15-16H,7-8,10-11,14H2,1-2H3,(H,24,27). The van der Waals surface area contributed by atoms with Crippen LogP contribution in [0.25, 0.3) is 5.65 Å². The lowest BCUT2D eigenvalue weighted by molar-refractivity contribution is -0.115. The number of carbonyl (C=O) groups is 1. The number of nitrogens with zero attached hydrogens (tertiary/aromatic N) is 3. The van der Waals surface area contributed by atoms with Crippen LogP contribution in [0.2, 0.25) is 0 Å². The number of imidazole rings is 1. The maximum Gasteiger partial charge on any atom is 0.230 e. The number of amides is 1. The zero-order chi connectivity index (χ0) is 18.8. The zero-order valence-electron chi connectivity index (χ0n) is 16.0. The number of hydrogen-bond acceptors (Lipinski definition) is 3. The minimum Gasteiger partial charge on any atom is -0.372 e. The minimum atomic E-state index is -0.0466. The largest absolute Gasteiger partial charge is 0.372 e. The first-order valence-electron chi connectivity index (χ1n) is 9.66. The third kappa shape index (κ3) is 4.13. The quantitative estimate of drug-likeness (QED) is 0.761. The molecular formula is C22H26N4O. The third-order valence-electron chi connectivity index (χ3n) is 5.31. The van der Waals surface area contributed by atoms with Crippen LogP contribution in [-0.4, -0.2) is 28.4 Å². The number of fused-ring (bicyclic) bond motifs is 1. The predicted octanol–water partition coefficient (Wildman–Crippen LogP) is 4.06. The molecule has 0 saturated carbocycles. The number of pyridine rings is 1. The summed E-state index contributed by atoms with van der Waals surface area (Å²) in [6.45, 7) is 6.58. The summed E-state index contributed by atoms with van der Waals surface area (Å²) < 4.78 is 1.95. The Balaban J connectivity index is 1.37. The Kier molecular flexibility index (Phi) is 4.84. The second-order valence-corrected chi connectivity index (χ2v) is 7.64. The van der Waals surface area contributed by atoms with Gasteiger partial charge in [0.25, 0.3) is 0 Å². The zero-order valence-corrected chi connectivity index (χ0v) is 16.0. The molecule has 0 bridgehead atoms. The molecule has 0 radical (unpaired) electrons. The Hall–Kier alpha value is -2.82. The van der Waals surface area contributed by atoms with Crippen LogP contribution in [0.5, 0.6) is 0 Å². The highest BCUT2D eigenvalue weighted by Gasteiger charge is 2.16. The maximum absolute atomic E-state index is 12.4. The smallest absolute Gasteiger partial charge is 0.230 e. The molecule has 27 heavy (non-hydrogen) atoms. The van der Waals surface area contributed by atoms with Crippen LogP contribution in [0.1, 0.15) is 31.0 Å². The number of aromatic nitrogens is 2. The molecule has 1 saturated heterocycles. The lowest BCUT2D eigenvalue weighted by Crippen LogP contribution is -2.32. The van der Waals surface area contributed by atoms with Gasteiger partial charge in [-0.15, -0.1) is 0 Å². The summed E-state index contributed by atoms with van der Waals surface area (Å²) in [5, 5.41) is 2.98. The van der Waals surface area contributed by atoms with Gasteiger partial charge >= 0.3 is 0 Å². The first-order valence-corrected chi connectivity index (χ1v) is 9.66. The molecule has 3 heterocycles. The van der Waals surface area contributed by atoms with Gasteiger partial charge in [0.1, 0.15) is 5.65 Å². The van der Waals surface area contributed by atoms with Crippen molar-refractivity contribution in [2.24, 2.45) is 5.92 Å². The van der Waals surface area contributed by atoms with E-state index in [9.17, 15) is 4.79 Å². The SMILES string of the molecule is Cc1ccn2cc(CC(=O)Nc3ccc(N4CCC(C)CC4)cc3)nc2c1. The molecule has 0 aliphatic carbocycles. The molecule has 1 aliphatic heterocycles. The number of anilines is 2. The van der Waals surface area contributed by atoms with Crippen molar-refractivity contribution in [2.45, 2.75) is 33.1 Å². The van der Waals surface area contributed by atoms with Gasteiger partial charge in [0.05, 0.1) is 12.1 Å². The van der Waals surface area contributed by atoms with E-state index in [0.717, 1.165) is 41.6 Å². The van der Waals surface area contributed by atoms with E-state index < -0.39 is 0 Å². The molecule has 5 nitrogen and oxygen atoms in total. The number of carbonyl (C=O) groups excluding carboxylic acids is 1. The second kappa shape index (κ2) is 7.43. The van der Waals surface area contributed by atoms with E-state index >= 15 is 0 Å². The van der Waals surface area contributed by atoms with E-state index in [4.69, 9.17) is 0 Å². The van der Waals surface area contributed by atoms with Crippen LogP contribution in [0.3, 0.4) is 0 Å². The fraction of sp³-hybridized carbons (Fsp3) is 0.364. The Labute approximate surface area is 160 Å². The predicted molar refractivity (Wildman–Crippen MR) is 109 cm³/mol. The Morgan fingerprint density at radius 3 is 2.67 bits per heavy atom. The highest BCUT2D eigenvalue weighted by atomic mass is 16.1. The van der Waals surface area contributed by atoms with Gasteiger partial charge in [-0.2, -0.15) is 0 Å². The van der Waals surface area contributed by atoms with Gasteiger partial charge in [0, 0.05) is 36.9 Å². The Morgan fingerprint density at radius 1 is 1.19 bits per heavy atom. The molecule has 1 fully saturated rings. The Morgan fingerprint density at radius 2 is 1.93 bits per heavy atom. The van der Waals surface area contributed by atoms with E-state index in [1.165, 1.54) is 18.5 Å². The van der Waals surface area contributed by atoms with Crippen molar-refractivity contribution in [3.63, 3.8) is 0 Å². The average molecular weight is 362 g/mol. The summed E-state index contributed by atoms with van der Waals surface area (Å²) in [4.78, 5) is 19.3.